The number of aryl methyl sites for hydroxylation is 1. The number of thiophene rings is 1. The fourth-order valence-corrected chi connectivity index (χ4v) is 4.02. The van der Waals surface area contributed by atoms with Crippen LogP contribution < -0.4 is 5.73 Å². The van der Waals surface area contributed by atoms with Crippen LogP contribution in [0.15, 0.2) is 34.9 Å². The molecule has 2 heterocycles. The second kappa shape index (κ2) is 5.87. The normalized spacial score (nSPS) is 13.0. The van der Waals surface area contributed by atoms with Crippen LogP contribution in [0.25, 0.3) is 10.1 Å². The maximum Gasteiger partial charge on any atom is 0.124 e. The van der Waals surface area contributed by atoms with Crippen LogP contribution in [0.2, 0.25) is 0 Å². The number of hydrogen-bond donors (Lipinski definition) is 1. The monoisotopic (exact) mass is 367 g/mol. The van der Waals surface area contributed by atoms with Crippen LogP contribution in [-0.2, 0) is 6.54 Å². The molecule has 3 aromatic rings. The largest absolute Gasteiger partial charge is 0.318 e. The van der Waals surface area contributed by atoms with Crippen molar-refractivity contribution in [3.05, 3.63) is 51.3 Å². The van der Waals surface area contributed by atoms with Gasteiger partial charge in [0.15, 0.2) is 0 Å². The molecule has 2 N–H and O–H groups in total. The van der Waals surface area contributed by atoms with E-state index in [1.165, 1.54) is 17.4 Å². The summed E-state index contributed by atoms with van der Waals surface area (Å²) >= 11 is 5.05. The Morgan fingerprint density at radius 3 is 3.00 bits per heavy atom. The SMILES string of the molecule is CCCn1ncc(Br)c1C(N)c1cc2ccc(F)cc2s1. The summed E-state index contributed by atoms with van der Waals surface area (Å²) in [5.41, 5.74) is 7.38. The van der Waals surface area contributed by atoms with Gasteiger partial charge >= 0.3 is 0 Å². The number of aromatic nitrogens is 2. The maximum atomic E-state index is 13.3. The quantitative estimate of drug-likeness (QED) is 0.739. The second-order valence-corrected chi connectivity index (χ2v) is 6.88. The van der Waals surface area contributed by atoms with E-state index in [4.69, 9.17) is 5.73 Å². The molecule has 0 saturated carbocycles. The van der Waals surface area contributed by atoms with E-state index in [0.717, 1.165) is 38.1 Å². The van der Waals surface area contributed by atoms with Gasteiger partial charge in [-0.3, -0.25) is 4.68 Å². The number of nitrogens with zero attached hydrogens (tertiary/aromatic N) is 2. The van der Waals surface area contributed by atoms with E-state index in [0.29, 0.717) is 0 Å². The molecular weight excluding hydrogens is 353 g/mol. The topological polar surface area (TPSA) is 43.8 Å². The van der Waals surface area contributed by atoms with Crippen molar-refractivity contribution in [1.82, 2.24) is 9.78 Å². The fourth-order valence-electron chi connectivity index (χ4n) is 2.38. The van der Waals surface area contributed by atoms with Crippen LogP contribution in [-0.4, -0.2) is 9.78 Å². The molecular formula is C15H15BrFN3S. The van der Waals surface area contributed by atoms with Crippen molar-refractivity contribution in [3.63, 3.8) is 0 Å². The predicted molar refractivity (Wildman–Crippen MR) is 88.0 cm³/mol. The molecule has 21 heavy (non-hydrogen) atoms. The molecule has 0 fully saturated rings. The van der Waals surface area contributed by atoms with Gasteiger partial charge in [0.25, 0.3) is 0 Å². The summed E-state index contributed by atoms with van der Waals surface area (Å²) in [5, 5.41) is 5.37. The van der Waals surface area contributed by atoms with Crippen LogP contribution in [0, 0.1) is 5.82 Å². The number of fused-ring (bicyclic) bond motifs is 1. The van der Waals surface area contributed by atoms with E-state index in [1.807, 2.05) is 10.7 Å². The van der Waals surface area contributed by atoms with Gasteiger partial charge < -0.3 is 5.73 Å². The highest BCUT2D eigenvalue weighted by atomic mass is 79.9. The summed E-state index contributed by atoms with van der Waals surface area (Å²) in [6.45, 7) is 2.93. The summed E-state index contributed by atoms with van der Waals surface area (Å²) in [6, 6.07) is 6.57. The van der Waals surface area contributed by atoms with Crippen LogP contribution >= 0.6 is 27.3 Å². The number of rotatable bonds is 4. The molecule has 1 aromatic carbocycles. The molecule has 0 saturated heterocycles. The fraction of sp³-hybridized carbons (Fsp3) is 0.267. The van der Waals surface area contributed by atoms with Gasteiger partial charge in [-0.1, -0.05) is 13.0 Å². The van der Waals surface area contributed by atoms with E-state index < -0.39 is 0 Å². The summed E-state index contributed by atoms with van der Waals surface area (Å²) in [5.74, 6) is -0.221. The van der Waals surface area contributed by atoms with Gasteiger partial charge in [0.2, 0.25) is 0 Å². The van der Waals surface area contributed by atoms with E-state index in [-0.39, 0.29) is 11.9 Å². The number of halogens is 2. The summed E-state index contributed by atoms with van der Waals surface area (Å²) in [4.78, 5) is 1.01. The zero-order chi connectivity index (χ0) is 15.0. The first kappa shape index (κ1) is 14.7. The highest BCUT2D eigenvalue weighted by molar-refractivity contribution is 9.10. The van der Waals surface area contributed by atoms with E-state index in [2.05, 4.69) is 28.0 Å². The molecule has 1 unspecified atom stereocenters. The van der Waals surface area contributed by atoms with Crippen molar-refractivity contribution in [1.29, 1.82) is 0 Å². The van der Waals surface area contributed by atoms with Crippen LogP contribution in [0.3, 0.4) is 0 Å². The number of nitrogens with two attached hydrogens (primary N) is 1. The zero-order valence-corrected chi connectivity index (χ0v) is 13.9. The third-order valence-corrected chi connectivity index (χ3v) is 5.16. The minimum absolute atomic E-state index is 0.221. The van der Waals surface area contributed by atoms with Crippen LogP contribution in [0.5, 0.6) is 0 Å². The van der Waals surface area contributed by atoms with E-state index >= 15 is 0 Å². The lowest BCUT2D eigenvalue weighted by Crippen LogP contribution is -2.17. The van der Waals surface area contributed by atoms with Gasteiger partial charge in [-0.2, -0.15) is 5.10 Å². The third kappa shape index (κ3) is 2.75. The van der Waals surface area contributed by atoms with E-state index in [1.54, 1.807) is 18.3 Å². The highest BCUT2D eigenvalue weighted by Crippen LogP contribution is 2.34. The minimum Gasteiger partial charge on any atom is -0.318 e. The summed E-state index contributed by atoms with van der Waals surface area (Å²) < 4.78 is 17.1. The van der Waals surface area contributed by atoms with Gasteiger partial charge in [-0.05, 0) is 45.9 Å². The Kier molecular flexibility index (Phi) is 4.10. The van der Waals surface area contributed by atoms with Crippen LogP contribution in [0.1, 0.15) is 30.0 Å². The molecule has 0 spiro atoms. The van der Waals surface area contributed by atoms with E-state index in [9.17, 15) is 4.39 Å². The summed E-state index contributed by atoms with van der Waals surface area (Å²) in [7, 11) is 0. The average Bonchev–Trinajstić information content (AvgIpc) is 3.02. The van der Waals surface area contributed by atoms with Gasteiger partial charge in [0.1, 0.15) is 5.82 Å². The Hall–Kier alpha value is -1.24. The Balaban J connectivity index is 2.03. The molecule has 110 valence electrons. The molecule has 3 rings (SSSR count). The molecule has 0 amide bonds. The number of hydrogen-bond acceptors (Lipinski definition) is 3. The van der Waals surface area contributed by atoms with Crippen molar-refractivity contribution in [2.45, 2.75) is 25.9 Å². The first-order valence-corrected chi connectivity index (χ1v) is 8.37. The zero-order valence-electron chi connectivity index (χ0n) is 11.5. The Morgan fingerprint density at radius 2 is 2.24 bits per heavy atom. The third-order valence-electron chi connectivity index (χ3n) is 3.37. The molecule has 6 heteroatoms. The lowest BCUT2D eigenvalue weighted by Gasteiger charge is -2.13. The van der Waals surface area contributed by atoms with Crippen molar-refractivity contribution in [2.24, 2.45) is 5.73 Å². The van der Waals surface area contributed by atoms with Crippen LogP contribution in [0.4, 0.5) is 4.39 Å². The van der Waals surface area contributed by atoms with Crippen molar-refractivity contribution in [3.8, 4) is 0 Å². The number of benzene rings is 1. The average molecular weight is 368 g/mol. The smallest absolute Gasteiger partial charge is 0.124 e. The highest BCUT2D eigenvalue weighted by Gasteiger charge is 2.20. The molecule has 0 radical (unpaired) electrons. The standard InChI is InChI=1S/C15H15BrFN3S/c1-2-5-20-15(11(16)8-19-20)14(18)13-6-9-3-4-10(17)7-12(9)21-13/h3-4,6-8,14H,2,5,18H2,1H3. The van der Waals surface area contributed by atoms with Crippen molar-refractivity contribution in [2.75, 3.05) is 0 Å². The molecule has 2 aromatic heterocycles. The molecule has 0 aliphatic rings. The second-order valence-electron chi connectivity index (χ2n) is 4.91. The van der Waals surface area contributed by atoms with Crippen molar-refractivity contribution >= 4 is 37.4 Å². The van der Waals surface area contributed by atoms with Gasteiger partial charge in [0.05, 0.1) is 22.4 Å². The Bertz CT molecular complexity index is 780. The molecule has 1 atom stereocenters. The lowest BCUT2D eigenvalue weighted by molar-refractivity contribution is 0.560. The lowest BCUT2D eigenvalue weighted by atomic mass is 10.1. The van der Waals surface area contributed by atoms with Gasteiger partial charge in [-0.15, -0.1) is 11.3 Å². The molecule has 3 nitrogen and oxygen atoms in total. The van der Waals surface area contributed by atoms with Gasteiger partial charge in [-0.25, -0.2) is 4.39 Å². The first-order chi connectivity index (χ1) is 10.1. The van der Waals surface area contributed by atoms with Crippen molar-refractivity contribution < 1.29 is 4.39 Å². The predicted octanol–water partition coefficient (Wildman–Crippen LogP) is 4.46. The minimum atomic E-state index is -0.270. The molecule has 0 aliphatic heterocycles. The van der Waals surface area contributed by atoms with Gasteiger partial charge in [0, 0.05) is 16.1 Å². The maximum absolute atomic E-state index is 13.3. The summed E-state index contributed by atoms with van der Waals surface area (Å²) in [6.07, 6.45) is 2.77. The molecule has 0 aliphatic carbocycles. The molecule has 0 bridgehead atoms. The first-order valence-electron chi connectivity index (χ1n) is 6.76. The Morgan fingerprint density at radius 1 is 1.43 bits per heavy atom. The Labute approximate surface area is 134 Å².